The second-order valence-electron chi connectivity index (χ2n) is 8.90. The molecule has 7 heteroatoms. The first-order valence-electron chi connectivity index (χ1n) is 11.5. The SMILES string of the molecule is Cc1nc([C@H]2CCCN2Cc2cnn(C)c2)nc2c1CCC(=O)N2CCc1ccccc1. The predicted molar refractivity (Wildman–Crippen MR) is 123 cm³/mol. The fourth-order valence-electron chi connectivity index (χ4n) is 4.96. The molecule has 32 heavy (non-hydrogen) atoms. The second kappa shape index (κ2) is 8.82. The van der Waals surface area contributed by atoms with E-state index in [0.717, 1.165) is 61.7 Å². The number of rotatable bonds is 6. The van der Waals surface area contributed by atoms with Gasteiger partial charge in [-0.2, -0.15) is 5.10 Å². The van der Waals surface area contributed by atoms with Crippen molar-refractivity contribution in [3.05, 3.63) is 70.9 Å². The highest BCUT2D eigenvalue weighted by Crippen LogP contribution is 2.35. The fraction of sp³-hybridized carbons (Fsp3) is 0.440. The van der Waals surface area contributed by atoms with Crippen molar-refractivity contribution in [3.63, 3.8) is 0 Å². The number of nitrogens with zero attached hydrogens (tertiary/aromatic N) is 6. The van der Waals surface area contributed by atoms with E-state index >= 15 is 0 Å². The van der Waals surface area contributed by atoms with Gasteiger partial charge in [0.25, 0.3) is 0 Å². The highest BCUT2D eigenvalue weighted by atomic mass is 16.2. The van der Waals surface area contributed by atoms with Crippen LogP contribution in [-0.4, -0.2) is 43.6 Å². The van der Waals surface area contributed by atoms with Crippen LogP contribution in [0.4, 0.5) is 5.82 Å². The van der Waals surface area contributed by atoms with Crippen LogP contribution in [0.2, 0.25) is 0 Å². The van der Waals surface area contributed by atoms with E-state index in [1.807, 2.05) is 41.0 Å². The monoisotopic (exact) mass is 430 g/mol. The van der Waals surface area contributed by atoms with Crippen LogP contribution in [0.15, 0.2) is 42.7 Å². The van der Waals surface area contributed by atoms with Crippen molar-refractivity contribution in [1.82, 2.24) is 24.6 Å². The molecular formula is C25H30N6O. The van der Waals surface area contributed by atoms with Crippen molar-refractivity contribution < 1.29 is 4.79 Å². The minimum Gasteiger partial charge on any atom is -0.296 e. The van der Waals surface area contributed by atoms with Gasteiger partial charge in [0.1, 0.15) is 11.6 Å². The predicted octanol–water partition coefficient (Wildman–Crippen LogP) is 3.38. The molecule has 2 aliphatic heterocycles. The quantitative estimate of drug-likeness (QED) is 0.600. The third-order valence-electron chi connectivity index (χ3n) is 6.63. The van der Waals surface area contributed by atoms with Crippen LogP contribution >= 0.6 is 0 Å². The van der Waals surface area contributed by atoms with Crippen molar-refractivity contribution in [2.24, 2.45) is 7.05 Å². The minimum atomic E-state index is 0.163. The number of carbonyl (C=O) groups excluding carboxylic acids is 1. The van der Waals surface area contributed by atoms with Crippen molar-refractivity contribution in [2.45, 2.75) is 51.6 Å². The van der Waals surface area contributed by atoms with Gasteiger partial charge in [0, 0.05) is 49.6 Å². The number of carbonyl (C=O) groups is 1. The molecule has 7 nitrogen and oxygen atoms in total. The molecule has 1 amide bonds. The molecule has 0 aliphatic carbocycles. The van der Waals surface area contributed by atoms with Crippen LogP contribution in [0.25, 0.3) is 0 Å². The highest BCUT2D eigenvalue weighted by Gasteiger charge is 2.33. The van der Waals surface area contributed by atoms with Crippen molar-refractivity contribution in [2.75, 3.05) is 18.0 Å². The third kappa shape index (κ3) is 4.17. The summed E-state index contributed by atoms with van der Waals surface area (Å²) in [6.07, 6.45) is 8.24. The van der Waals surface area contributed by atoms with Gasteiger partial charge in [-0.15, -0.1) is 0 Å². The number of aromatic nitrogens is 4. The van der Waals surface area contributed by atoms with Crippen LogP contribution in [-0.2, 0) is 31.2 Å². The van der Waals surface area contributed by atoms with Crippen LogP contribution in [0.5, 0.6) is 0 Å². The number of hydrogen-bond acceptors (Lipinski definition) is 5. The van der Waals surface area contributed by atoms with E-state index in [9.17, 15) is 4.79 Å². The lowest BCUT2D eigenvalue weighted by atomic mass is 10.0. The fourth-order valence-corrected chi connectivity index (χ4v) is 4.96. The number of benzene rings is 1. The molecule has 166 valence electrons. The Morgan fingerprint density at radius 2 is 1.94 bits per heavy atom. The van der Waals surface area contributed by atoms with Crippen molar-refractivity contribution >= 4 is 11.7 Å². The van der Waals surface area contributed by atoms with Gasteiger partial charge < -0.3 is 0 Å². The molecule has 2 aromatic heterocycles. The summed E-state index contributed by atoms with van der Waals surface area (Å²) in [4.78, 5) is 27.2. The zero-order chi connectivity index (χ0) is 22.1. The molecule has 0 bridgehead atoms. The van der Waals surface area contributed by atoms with Gasteiger partial charge in [0.2, 0.25) is 5.91 Å². The molecule has 1 fully saturated rings. The van der Waals surface area contributed by atoms with Gasteiger partial charge in [-0.05, 0) is 44.7 Å². The van der Waals surface area contributed by atoms with Gasteiger partial charge in [0.15, 0.2) is 0 Å². The van der Waals surface area contributed by atoms with E-state index in [-0.39, 0.29) is 11.9 Å². The number of fused-ring (bicyclic) bond motifs is 1. The molecule has 0 radical (unpaired) electrons. The Kier molecular flexibility index (Phi) is 5.74. The van der Waals surface area contributed by atoms with E-state index in [2.05, 4.69) is 35.3 Å². The Morgan fingerprint density at radius 3 is 2.72 bits per heavy atom. The molecule has 1 saturated heterocycles. The van der Waals surface area contributed by atoms with Gasteiger partial charge in [-0.3, -0.25) is 19.3 Å². The summed E-state index contributed by atoms with van der Waals surface area (Å²) in [6.45, 7) is 4.58. The van der Waals surface area contributed by atoms with Crippen molar-refractivity contribution in [1.29, 1.82) is 0 Å². The van der Waals surface area contributed by atoms with E-state index < -0.39 is 0 Å². The molecule has 0 saturated carbocycles. The topological polar surface area (TPSA) is 67.2 Å². The molecule has 4 heterocycles. The Bertz CT molecular complexity index is 1110. The number of anilines is 1. The van der Waals surface area contributed by atoms with Gasteiger partial charge in [-0.25, -0.2) is 9.97 Å². The largest absolute Gasteiger partial charge is 0.296 e. The number of likely N-dealkylation sites (tertiary alicyclic amines) is 1. The van der Waals surface area contributed by atoms with Crippen molar-refractivity contribution in [3.8, 4) is 0 Å². The summed E-state index contributed by atoms with van der Waals surface area (Å²) < 4.78 is 1.84. The standard InChI is InChI=1S/C25H30N6O/c1-18-21-10-11-23(32)31(14-12-19-7-4-3-5-8-19)25(21)28-24(27-18)22-9-6-13-30(22)17-20-15-26-29(2)16-20/h3-5,7-8,15-16,22H,6,9-14,17H2,1-2H3/t22-/m1/s1. The third-order valence-corrected chi connectivity index (χ3v) is 6.63. The van der Waals surface area contributed by atoms with E-state index in [0.29, 0.717) is 13.0 Å². The molecular weight excluding hydrogens is 400 g/mol. The summed E-state index contributed by atoms with van der Waals surface area (Å²) in [5.41, 5.74) is 4.57. The average Bonchev–Trinajstić information content (AvgIpc) is 3.42. The Labute approximate surface area is 189 Å². The highest BCUT2D eigenvalue weighted by molar-refractivity contribution is 5.95. The van der Waals surface area contributed by atoms with E-state index in [1.54, 1.807) is 0 Å². The summed E-state index contributed by atoms with van der Waals surface area (Å²) in [6, 6.07) is 10.5. The molecule has 5 rings (SSSR count). The second-order valence-corrected chi connectivity index (χ2v) is 8.90. The Morgan fingerprint density at radius 1 is 1.09 bits per heavy atom. The van der Waals surface area contributed by atoms with Crippen LogP contribution < -0.4 is 4.90 Å². The minimum absolute atomic E-state index is 0.163. The van der Waals surface area contributed by atoms with Crippen LogP contribution in [0.1, 0.15) is 53.5 Å². The first kappa shape index (κ1) is 20.8. The molecule has 0 spiro atoms. The van der Waals surface area contributed by atoms with E-state index in [1.165, 1.54) is 11.1 Å². The lowest BCUT2D eigenvalue weighted by molar-refractivity contribution is -0.118. The molecule has 1 atom stereocenters. The average molecular weight is 431 g/mol. The summed E-state index contributed by atoms with van der Waals surface area (Å²) in [7, 11) is 1.95. The Hall–Kier alpha value is -3.06. The lowest BCUT2D eigenvalue weighted by Crippen LogP contribution is -2.38. The normalized spacial score (nSPS) is 18.9. The molecule has 0 N–H and O–H groups in total. The maximum Gasteiger partial charge on any atom is 0.228 e. The number of amides is 1. The summed E-state index contributed by atoms with van der Waals surface area (Å²) in [5, 5.41) is 4.31. The summed E-state index contributed by atoms with van der Waals surface area (Å²) in [5.74, 6) is 1.84. The number of aryl methyl sites for hydroxylation is 2. The van der Waals surface area contributed by atoms with Gasteiger partial charge >= 0.3 is 0 Å². The zero-order valence-corrected chi connectivity index (χ0v) is 18.9. The van der Waals surface area contributed by atoms with Gasteiger partial charge in [-0.1, -0.05) is 30.3 Å². The molecule has 2 aliphatic rings. The molecule has 3 aromatic rings. The maximum atomic E-state index is 12.9. The first-order chi connectivity index (χ1) is 15.6. The first-order valence-corrected chi connectivity index (χ1v) is 11.5. The van der Waals surface area contributed by atoms with Crippen LogP contribution in [0, 0.1) is 6.92 Å². The molecule has 0 unspecified atom stereocenters. The maximum absolute atomic E-state index is 12.9. The summed E-state index contributed by atoms with van der Waals surface area (Å²) >= 11 is 0. The molecule has 1 aromatic carbocycles. The zero-order valence-electron chi connectivity index (χ0n) is 18.9. The van der Waals surface area contributed by atoms with Crippen LogP contribution in [0.3, 0.4) is 0 Å². The Balaban J connectivity index is 1.42. The van der Waals surface area contributed by atoms with E-state index in [4.69, 9.17) is 9.97 Å². The number of hydrogen-bond donors (Lipinski definition) is 0. The smallest absolute Gasteiger partial charge is 0.228 e. The van der Waals surface area contributed by atoms with Gasteiger partial charge in [0.05, 0.1) is 12.2 Å². The lowest BCUT2D eigenvalue weighted by Gasteiger charge is -2.31.